The fourth-order valence-electron chi connectivity index (χ4n) is 3.99. The Hall–Kier alpha value is -2.75. The van der Waals surface area contributed by atoms with E-state index in [0.29, 0.717) is 12.6 Å². The predicted molar refractivity (Wildman–Crippen MR) is 121 cm³/mol. The van der Waals surface area contributed by atoms with Gasteiger partial charge in [0.1, 0.15) is 18.2 Å². The summed E-state index contributed by atoms with van der Waals surface area (Å²) in [5.41, 5.74) is 4.45. The SMILES string of the molecule is Clc1ccc2c(c1)CC(N1CCc3nc(-c4ccccc4Cl)[nH]c3C1)CO2.O=C(O)C(F)(F)F. The van der Waals surface area contributed by atoms with E-state index >= 15 is 0 Å². The molecule has 2 aliphatic heterocycles. The average molecular weight is 514 g/mol. The number of aromatic nitrogens is 2. The second kappa shape index (κ2) is 9.85. The highest BCUT2D eigenvalue weighted by atomic mass is 35.5. The third kappa shape index (κ3) is 5.48. The van der Waals surface area contributed by atoms with Crippen molar-refractivity contribution < 1.29 is 27.8 Å². The smallest absolute Gasteiger partial charge is 0.490 e. The topological polar surface area (TPSA) is 78.5 Å². The van der Waals surface area contributed by atoms with E-state index in [1.54, 1.807) is 0 Å². The fraction of sp³-hybridized carbons (Fsp3) is 0.304. The van der Waals surface area contributed by atoms with Crippen LogP contribution in [0.15, 0.2) is 42.5 Å². The van der Waals surface area contributed by atoms with Crippen LogP contribution in [0.3, 0.4) is 0 Å². The highest BCUT2D eigenvalue weighted by molar-refractivity contribution is 6.33. The molecule has 0 fully saturated rings. The number of alkyl halides is 3. The normalized spacial score (nSPS) is 17.6. The van der Waals surface area contributed by atoms with Crippen LogP contribution in [0.1, 0.15) is 17.0 Å². The quantitative estimate of drug-likeness (QED) is 0.481. The molecule has 3 heterocycles. The first-order valence-electron chi connectivity index (χ1n) is 10.4. The van der Waals surface area contributed by atoms with E-state index in [1.807, 2.05) is 42.5 Å². The number of carbonyl (C=O) groups is 1. The van der Waals surface area contributed by atoms with Crippen molar-refractivity contribution in [3.8, 4) is 17.1 Å². The number of nitrogens with zero attached hydrogens (tertiary/aromatic N) is 2. The number of benzene rings is 2. The molecule has 6 nitrogen and oxygen atoms in total. The molecule has 1 unspecified atom stereocenters. The second-order valence-corrected chi connectivity index (χ2v) is 8.78. The molecule has 1 atom stereocenters. The molecule has 2 N–H and O–H groups in total. The molecule has 0 radical (unpaired) electrons. The maximum Gasteiger partial charge on any atom is 0.490 e. The van der Waals surface area contributed by atoms with Crippen molar-refractivity contribution >= 4 is 29.2 Å². The third-order valence-electron chi connectivity index (χ3n) is 5.66. The lowest BCUT2D eigenvalue weighted by molar-refractivity contribution is -0.192. The molecule has 2 aliphatic rings. The number of imidazole rings is 1. The summed E-state index contributed by atoms with van der Waals surface area (Å²) in [6, 6.07) is 14.0. The molecular formula is C23H20Cl2F3N3O3. The van der Waals surface area contributed by atoms with Gasteiger partial charge in [-0.3, -0.25) is 4.90 Å². The van der Waals surface area contributed by atoms with Gasteiger partial charge in [-0.1, -0.05) is 35.3 Å². The van der Waals surface area contributed by atoms with Crippen LogP contribution in [0.25, 0.3) is 11.4 Å². The van der Waals surface area contributed by atoms with Gasteiger partial charge in [0.05, 0.1) is 16.4 Å². The van der Waals surface area contributed by atoms with Crippen molar-refractivity contribution in [2.24, 2.45) is 0 Å². The van der Waals surface area contributed by atoms with Crippen molar-refractivity contribution in [3.63, 3.8) is 0 Å². The van der Waals surface area contributed by atoms with Gasteiger partial charge in [0, 0.05) is 36.1 Å². The number of halogens is 5. The number of carboxylic acids is 1. The van der Waals surface area contributed by atoms with Crippen LogP contribution in [0.4, 0.5) is 13.2 Å². The van der Waals surface area contributed by atoms with E-state index in [-0.39, 0.29) is 0 Å². The zero-order valence-electron chi connectivity index (χ0n) is 17.7. The minimum Gasteiger partial charge on any atom is -0.492 e. The van der Waals surface area contributed by atoms with E-state index in [4.69, 9.17) is 42.8 Å². The predicted octanol–water partition coefficient (Wildman–Crippen LogP) is 5.38. The van der Waals surface area contributed by atoms with Gasteiger partial charge in [0.25, 0.3) is 0 Å². The van der Waals surface area contributed by atoms with Crippen LogP contribution in [0, 0.1) is 0 Å². The number of fused-ring (bicyclic) bond motifs is 2. The summed E-state index contributed by atoms with van der Waals surface area (Å²) in [4.78, 5) is 19.7. The van der Waals surface area contributed by atoms with Gasteiger partial charge in [-0.05, 0) is 42.3 Å². The molecule has 3 aromatic rings. The van der Waals surface area contributed by atoms with Crippen molar-refractivity contribution in [3.05, 3.63) is 69.5 Å². The largest absolute Gasteiger partial charge is 0.492 e. The zero-order valence-corrected chi connectivity index (χ0v) is 19.2. The van der Waals surface area contributed by atoms with Crippen LogP contribution < -0.4 is 4.74 Å². The summed E-state index contributed by atoms with van der Waals surface area (Å²) in [5.74, 6) is -0.951. The maximum atomic E-state index is 10.6. The summed E-state index contributed by atoms with van der Waals surface area (Å²) in [6.07, 6.45) is -3.20. The van der Waals surface area contributed by atoms with Crippen molar-refractivity contribution in [1.82, 2.24) is 14.9 Å². The highest BCUT2D eigenvalue weighted by Crippen LogP contribution is 2.32. The lowest BCUT2D eigenvalue weighted by Crippen LogP contribution is -2.45. The maximum absolute atomic E-state index is 10.6. The number of carboxylic acid groups (broad SMARTS) is 1. The number of hydrogen-bond acceptors (Lipinski definition) is 4. The van der Waals surface area contributed by atoms with Gasteiger partial charge >= 0.3 is 12.1 Å². The molecule has 1 aromatic heterocycles. The van der Waals surface area contributed by atoms with E-state index < -0.39 is 12.1 Å². The van der Waals surface area contributed by atoms with Crippen molar-refractivity contribution in [2.45, 2.75) is 31.6 Å². The van der Waals surface area contributed by atoms with Crippen LogP contribution >= 0.6 is 23.2 Å². The van der Waals surface area contributed by atoms with Gasteiger partial charge in [-0.15, -0.1) is 0 Å². The molecule has 0 amide bonds. The molecular weight excluding hydrogens is 494 g/mol. The minimum absolute atomic E-state index is 0.344. The summed E-state index contributed by atoms with van der Waals surface area (Å²) in [5, 5.41) is 8.60. The summed E-state index contributed by atoms with van der Waals surface area (Å²) < 4.78 is 37.7. The fourth-order valence-corrected chi connectivity index (χ4v) is 4.41. The second-order valence-electron chi connectivity index (χ2n) is 7.93. The monoisotopic (exact) mass is 513 g/mol. The van der Waals surface area contributed by atoms with Crippen molar-refractivity contribution in [2.75, 3.05) is 13.2 Å². The van der Waals surface area contributed by atoms with Gasteiger partial charge < -0.3 is 14.8 Å². The highest BCUT2D eigenvalue weighted by Gasteiger charge is 2.38. The standard InChI is InChI=1S/C21H19Cl2N3O.C2HF3O2/c22-14-5-6-20-13(9-14)10-15(12-27-20)26-8-7-18-19(11-26)25-21(24-18)16-3-1-2-4-17(16)23;3-2(4,5)1(6)7/h1-6,9,15H,7-8,10-12H2,(H,24,25);(H,6,7). The van der Waals surface area contributed by atoms with E-state index in [2.05, 4.69) is 9.88 Å². The number of ether oxygens (including phenoxy) is 1. The van der Waals surface area contributed by atoms with Gasteiger partial charge in [-0.25, -0.2) is 9.78 Å². The Bertz CT molecular complexity index is 1200. The van der Waals surface area contributed by atoms with Crippen molar-refractivity contribution in [1.29, 1.82) is 0 Å². The van der Waals surface area contributed by atoms with Gasteiger partial charge in [0.2, 0.25) is 0 Å². The molecule has 0 saturated heterocycles. The Balaban J connectivity index is 0.000000344. The molecule has 0 bridgehead atoms. The van der Waals surface area contributed by atoms with Gasteiger partial charge in [0.15, 0.2) is 0 Å². The van der Waals surface area contributed by atoms with E-state index in [1.165, 1.54) is 11.3 Å². The van der Waals surface area contributed by atoms with Crippen LogP contribution in [0.2, 0.25) is 10.0 Å². The van der Waals surface area contributed by atoms with Gasteiger partial charge in [-0.2, -0.15) is 13.2 Å². The first kappa shape index (κ1) is 24.4. The minimum atomic E-state index is -5.08. The zero-order chi connectivity index (χ0) is 24.5. The number of rotatable bonds is 2. The Labute approximate surface area is 203 Å². The third-order valence-corrected chi connectivity index (χ3v) is 6.22. The summed E-state index contributed by atoms with van der Waals surface area (Å²) >= 11 is 12.5. The molecule has 34 heavy (non-hydrogen) atoms. The number of aliphatic carboxylic acids is 1. The van der Waals surface area contributed by atoms with Crippen LogP contribution in [0.5, 0.6) is 5.75 Å². The molecule has 5 rings (SSSR count). The Morgan fingerprint density at radius 1 is 1.21 bits per heavy atom. The first-order valence-corrected chi connectivity index (χ1v) is 11.2. The average Bonchev–Trinajstić information content (AvgIpc) is 3.21. The number of aromatic amines is 1. The number of hydrogen-bond donors (Lipinski definition) is 2. The van der Waals surface area contributed by atoms with E-state index in [9.17, 15) is 13.2 Å². The lowest BCUT2D eigenvalue weighted by Gasteiger charge is -2.36. The molecule has 11 heteroatoms. The Kier molecular flexibility index (Phi) is 7.06. The first-order chi connectivity index (χ1) is 16.1. The lowest BCUT2D eigenvalue weighted by atomic mass is 9.99. The van der Waals surface area contributed by atoms with Crippen LogP contribution in [-0.4, -0.2) is 51.3 Å². The molecule has 180 valence electrons. The number of H-pyrrole nitrogens is 1. The molecule has 2 aromatic carbocycles. The summed E-state index contributed by atoms with van der Waals surface area (Å²) in [7, 11) is 0. The Morgan fingerprint density at radius 2 is 1.94 bits per heavy atom. The summed E-state index contributed by atoms with van der Waals surface area (Å²) in [6.45, 7) is 2.52. The Morgan fingerprint density at radius 3 is 2.65 bits per heavy atom. The molecule has 0 aliphatic carbocycles. The molecule has 0 saturated carbocycles. The van der Waals surface area contributed by atoms with E-state index in [0.717, 1.165) is 58.8 Å². The number of nitrogens with one attached hydrogen (secondary N) is 1. The van der Waals surface area contributed by atoms with Crippen LogP contribution in [-0.2, 0) is 24.2 Å². The molecule has 0 spiro atoms.